The van der Waals surface area contributed by atoms with E-state index in [9.17, 15) is 9.18 Å². The third-order valence-electron chi connectivity index (χ3n) is 6.71. The van der Waals surface area contributed by atoms with Gasteiger partial charge in [-0.1, -0.05) is 13.8 Å². The molecule has 5 rings (SSSR count). The minimum atomic E-state index is -0.487. The lowest BCUT2D eigenvalue weighted by molar-refractivity contribution is 0.102. The van der Waals surface area contributed by atoms with Crippen LogP contribution in [0, 0.1) is 18.7 Å². The molecule has 0 saturated carbocycles. The summed E-state index contributed by atoms with van der Waals surface area (Å²) in [7, 11) is 0. The van der Waals surface area contributed by atoms with Gasteiger partial charge in [0.1, 0.15) is 5.52 Å². The summed E-state index contributed by atoms with van der Waals surface area (Å²) in [4.78, 5) is 19.9. The number of nitrogens with zero attached hydrogens (tertiary/aromatic N) is 5. The zero-order valence-corrected chi connectivity index (χ0v) is 20.8. The Hall–Kier alpha value is -3.46. The second-order valence-electron chi connectivity index (χ2n) is 9.85. The van der Waals surface area contributed by atoms with Gasteiger partial charge in [-0.2, -0.15) is 5.10 Å². The van der Waals surface area contributed by atoms with Crippen molar-refractivity contribution in [3.8, 4) is 0 Å². The monoisotopic (exact) mass is 477 g/mol. The molecule has 1 aliphatic rings. The lowest BCUT2D eigenvalue weighted by Gasteiger charge is -2.41. The molecule has 2 N–H and O–H groups in total. The van der Waals surface area contributed by atoms with Gasteiger partial charge in [0.15, 0.2) is 11.5 Å². The number of halogens is 1. The number of carbonyl (C=O) groups excluding carboxylic acids is 1. The molecule has 3 aromatic heterocycles. The fourth-order valence-corrected chi connectivity index (χ4v) is 4.92. The Morgan fingerprint density at radius 3 is 2.80 bits per heavy atom. The number of hydrogen-bond acceptors (Lipinski definition) is 5. The second kappa shape index (κ2) is 8.96. The highest BCUT2D eigenvalue weighted by atomic mass is 19.1. The lowest BCUT2D eigenvalue weighted by Crippen LogP contribution is -2.57. The number of amides is 1. The van der Waals surface area contributed by atoms with Crippen LogP contribution >= 0.6 is 0 Å². The van der Waals surface area contributed by atoms with E-state index in [-0.39, 0.29) is 11.6 Å². The molecule has 0 unspecified atom stereocenters. The Morgan fingerprint density at radius 1 is 1.26 bits per heavy atom. The number of benzene rings is 1. The van der Waals surface area contributed by atoms with Crippen molar-refractivity contribution in [3.05, 3.63) is 53.9 Å². The van der Waals surface area contributed by atoms with Crippen LogP contribution in [0.15, 0.2) is 36.8 Å². The lowest BCUT2D eigenvalue weighted by atomic mass is 9.98. The van der Waals surface area contributed by atoms with E-state index in [1.54, 1.807) is 23.7 Å². The van der Waals surface area contributed by atoms with Crippen molar-refractivity contribution < 1.29 is 9.18 Å². The summed E-state index contributed by atoms with van der Waals surface area (Å²) in [6.07, 6.45) is 5.40. The predicted molar refractivity (Wildman–Crippen MR) is 137 cm³/mol. The second-order valence-corrected chi connectivity index (χ2v) is 9.85. The molecular formula is C26H32FN7O. The Balaban J connectivity index is 1.50. The van der Waals surface area contributed by atoms with Gasteiger partial charge in [0.2, 0.25) is 0 Å². The van der Waals surface area contributed by atoms with E-state index in [1.807, 2.05) is 29.9 Å². The number of hydrogen-bond donors (Lipinski definition) is 2. The molecular weight excluding hydrogens is 445 g/mol. The van der Waals surface area contributed by atoms with Gasteiger partial charge >= 0.3 is 0 Å². The van der Waals surface area contributed by atoms with Crippen molar-refractivity contribution in [1.29, 1.82) is 0 Å². The van der Waals surface area contributed by atoms with Crippen LogP contribution in [0.3, 0.4) is 0 Å². The molecule has 0 bridgehead atoms. The number of piperazine rings is 1. The maximum atomic E-state index is 14.5. The SMILES string of the molecule is CCn1cc2c(N3C[C@@H](C)N[C@H](C(C)C)C3)ccc(C(=O)Nc3cc(F)c4nc(C)cn4c3)c2n1. The fraction of sp³-hybridized carbons (Fsp3) is 0.423. The first kappa shape index (κ1) is 23.3. The van der Waals surface area contributed by atoms with Crippen LogP contribution in [0.4, 0.5) is 15.8 Å². The highest BCUT2D eigenvalue weighted by molar-refractivity contribution is 6.13. The third-order valence-corrected chi connectivity index (χ3v) is 6.71. The van der Waals surface area contributed by atoms with Gasteiger partial charge < -0.3 is 19.9 Å². The summed E-state index contributed by atoms with van der Waals surface area (Å²) in [5.41, 5.74) is 3.49. The van der Waals surface area contributed by atoms with Crippen molar-refractivity contribution in [2.24, 2.45) is 5.92 Å². The average molecular weight is 478 g/mol. The van der Waals surface area contributed by atoms with E-state index in [0.717, 1.165) is 24.2 Å². The van der Waals surface area contributed by atoms with Crippen LogP contribution in [0.2, 0.25) is 0 Å². The Labute approximate surface area is 204 Å². The summed E-state index contributed by atoms with van der Waals surface area (Å²) in [5, 5.41) is 12.2. The van der Waals surface area contributed by atoms with Crippen molar-refractivity contribution in [2.45, 2.75) is 53.2 Å². The maximum Gasteiger partial charge on any atom is 0.257 e. The first-order valence-corrected chi connectivity index (χ1v) is 12.2. The number of aromatic nitrogens is 4. The maximum absolute atomic E-state index is 14.5. The van der Waals surface area contributed by atoms with Crippen LogP contribution in [-0.2, 0) is 6.54 Å². The summed E-state index contributed by atoms with van der Waals surface area (Å²) >= 11 is 0. The number of aryl methyl sites for hydroxylation is 2. The largest absolute Gasteiger partial charge is 0.368 e. The highest BCUT2D eigenvalue weighted by Gasteiger charge is 2.28. The number of nitrogens with one attached hydrogen (secondary N) is 2. The molecule has 4 heterocycles. The number of imidazole rings is 1. The fourth-order valence-electron chi connectivity index (χ4n) is 4.92. The van der Waals surface area contributed by atoms with Gasteiger partial charge in [0.25, 0.3) is 5.91 Å². The van der Waals surface area contributed by atoms with Gasteiger partial charge in [0.05, 0.1) is 16.9 Å². The van der Waals surface area contributed by atoms with Gasteiger partial charge in [0, 0.05) is 67.4 Å². The molecule has 4 aromatic rings. The van der Waals surface area contributed by atoms with E-state index in [1.165, 1.54) is 6.07 Å². The molecule has 1 aromatic carbocycles. The average Bonchev–Trinajstić information content (AvgIpc) is 3.41. The molecule has 8 nitrogen and oxygen atoms in total. The highest BCUT2D eigenvalue weighted by Crippen LogP contribution is 2.31. The first-order valence-electron chi connectivity index (χ1n) is 12.2. The van der Waals surface area contributed by atoms with E-state index in [2.05, 4.69) is 41.3 Å². The van der Waals surface area contributed by atoms with E-state index >= 15 is 0 Å². The van der Waals surface area contributed by atoms with Crippen LogP contribution < -0.4 is 15.5 Å². The van der Waals surface area contributed by atoms with E-state index in [4.69, 9.17) is 5.10 Å². The van der Waals surface area contributed by atoms with Gasteiger partial charge in [-0.15, -0.1) is 0 Å². The van der Waals surface area contributed by atoms with E-state index in [0.29, 0.717) is 47.0 Å². The van der Waals surface area contributed by atoms with Crippen molar-refractivity contribution in [2.75, 3.05) is 23.3 Å². The summed E-state index contributed by atoms with van der Waals surface area (Å²) < 4.78 is 18.0. The zero-order valence-electron chi connectivity index (χ0n) is 20.8. The Kier molecular flexibility index (Phi) is 5.96. The zero-order chi connectivity index (χ0) is 24.9. The molecule has 1 saturated heterocycles. The van der Waals surface area contributed by atoms with Gasteiger partial charge in [-0.25, -0.2) is 9.37 Å². The Bertz CT molecular complexity index is 1410. The number of pyridine rings is 1. The van der Waals surface area contributed by atoms with Crippen molar-refractivity contribution in [1.82, 2.24) is 24.5 Å². The quantitative estimate of drug-likeness (QED) is 0.450. The van der Waals surface area contributed by atoms with Crippen LogP contribution in [0.1, 0.15) is 43.7 Å². The Morgan fingerprint density at radius 2 is 2.06 bits per heavy atom. The topological polar surface area (TPSA) is 79.5 Å². The summed E-state index contributed by atoms with van der Waals surface area (Å²) in [5.74, 6) is -0.303. The van der Waals surface area contributed by atoms with Crippen LogP contribution in [0.5, 0.6) is 0 Å². The minimum Gasteiger partial charge on any atom is -0.368 e. The molecule has 184 valence electrons. The smallest absolute Gasteiger partial charge is 0.257 e. The number of fused-ring (bicyclic) bond motifs is 2. The van der Waals surface area contributed by atoms with Gasteiger partial charge in [-0.05, 0) is 38.8 Å². The minimum absolute atomic E-state index is 0.235. The molecule has 0 aliphatic carbocycles. The molecule has 0 spiro atoms. The van der Waals surface area contributed by atoms with Gasteiger partial charge in [-0.3, -0.25) is 9.48 Å². The van der Waals surface area contributed by atoms with Crippen LogP contribution in [0.25, 0.3) is 16.6 Å². The number of carbonyl (C=O) groups is 1. The van der Waals surface area contributed by atoms with Crippen LogP contribution in [-0.4, -0.2) is 50.2 Å². The van der Waals surface area contributed by atoms with Crippen molar-refractivity contribution in [3.63, 3.8) is 0 Å². The number of anilines is 2. The van der Waals surface area contributed by atoms with E-state index < -0.39 is 5.82 Å². The normalized spacial score (nSPS) is 18.7. The molecule has 9 heteroatoms. The number of rotatable bonds is 5. The predicted octanol–water partition coefficient (Wildman–Crippen LogP) is 4.23. The molecule has 2 atom stereocenters. The third kappa shape index (κ3) is 4.36. The summed E-state index contributed by atoms with van der Waals surface area (Å²) in [6, 6.07) is 5.87. The standard InChI is InChI=1S/C26H32FN7O/c1-6-34-13-20-23(32-10-16(4)28-22(14-32)15(2)3)8-7-19(24(20)31-34)26(35)30-18-9-21(27)25-29-17(5)11-33(25)12-18/h7-9,11-13,15-16,22,28H,6,10,14H2,1-5H3,(H,30,35)/t16-,22+/m1/s1. The first-order chi connectivity index (χ1) is 16.7. The molecule has 1 aliphatic heterocycles. The van der Waals surface area contributed by atoms with Crippen molar-refractivity contribution >= 4 is 33.8 Å². The summed E-state index contributed by atoms with van der Waals surface area (Å²) in [6.45, 7) is 13.0. The molecule has 35 heavy (non-hydrogen) atoms. The molecule has 1 amide bonds. The molecule has 1 fully saturated rings. The molecule has 0 radical (unpaired) electrons.